The van der Waals surface area contributed by atoms with E-state index in [-0.39, 0.29) is 6.61 Å². The maximum Gasteiger partial charge on any atom is 0.0770 e. The topological polar surface area (TPSA) is 40.5 Å². The molecule has 230 valence electrons. The minimum atomic E-state index is -0.493. The Bertz CT molecular complexity index is 395. The number of hydrogen-bond acceptors (Lipinski definition) is 2. The summed E-state index contributed by atoms with van der Waals surface area (Å²) in [6.45, 7) is 8.24. The molecule has 0 aliphatic heterocycles. The molecule has 0 aliphatic carbocycles. The van der Waals surface area contributed by atoms with E-state index < -0.39 is 6.10 Å². The van der Waals surface area contributed by atoms with Gasteiger partial charge in [0.15, 0.2) is 0 Å². The summed E-state index contributed by atoms with van der Waals surface area (Å²) >= 11 is 0. The predicted octanol–water partition coefficient (Wildman–Crippen LogP) is 12.3. The van der Waals surface area contributed by atoms with Crippen LogP contribution in [-0.4, -0.2) is 22.9 Å². The Kier molecular flexibility index (Phi) is 40.6. The highest BCUT2D eigenvalue weighted by molar-refractivity contribution is 4.65. The molecule has 0 aromatic rings. The van der Waals surface area contributed by atoms with Crippen molar-refractivity contribution in [2.24, 2.45) is 0 Å². The number of allylic oxidation sites excluding steroid dienone is 1. The first kappa shape index (κ1) is 39.8. The number of hydrogen-bond donors (Lipinski definition) is 2. The highest BCUT2D eigenvalue weighted by Gasteiger charge is 2.00. The molecule has 1 unspecified atom stereocenters. The Hall–Kier alpha value is -0.340. The van der Waals surface area contributed by atoms with Gasteiger partial charge in [-0.3, -0.25) is 0 Å². The molecule has 2 nitrogen and oxygen atoms in total. The summed E-state index contributed by atoms with van der Waals surface area (Å²) in [5.41, 5.74) is 0. The van der Waals surface area contributed by atoms with Gasteiger partial charge < -0.3 is 10.2 Å². The van der Waals surface area contributed by atoms with Gasteiger partial charge in [-0.1, -0.05) is 193 Å². The molecule has 0 heterocycles. The quantitative estimate of drug-likeness (QED) is 0.0680. The highest BCUT2D eigenvalue weighted by Crippen LogP contribution is 2.15. The van der Waals surface area contributed by atoms with Crippen molar-refractivity contribution in [1.82, 2.24) is 0 Å². The fourth-order valence-corrected chi connectivity index (χ4v) is 5.15. The molecule has 0 saturated heterocycles. The van der Waals surface area contributed by atoms with Crippen LogP contribution in [0.1, 0.15) is 206 Å². The van der Waals surface area contributed by atoms with Gasteiger partial charge in [-0.15, -0.1) is 6.58 Å². The number of unbranched alkanes of at least 4 members (excludes halogenated alkanes) is 27. The van der Waals surface area contributed by atoms with Crippen molar-refractivity contribution >= 4 is 0 Å². The molecule has 38 heavy (non-hydrogen) atoms. The average molecular weight is 539 g/mol. The van der Waals surface area contributed by atoms with E-state index in [1.165, 1.54) is 180 Å². The molecular weight excluding hydrogens is 464 g/mol. The van der Waals surface area contributed by atoms with Crippen molar-refractivity contribution in [3.63, 3.8) is 0 Å². The van der Waals surface area contributed by atoms with Gasteiger partial charge in [-0.05, 0) is 19.3 Å². The Balaban J connectivity index is 0. The molecule has 0 radical (unpaired) electrons. The van der Waals surface area contributed by atoms with Crippen LogP contribution in [-0.2, 0) is 0 Å². The molecule has 2 heteroatoms. The maximum absolute atomic E-state index is 9.20. The lowest BCUT2D eigenvalue weighted by Gasteiger charge is -2.06. The largest absolute Gasteiger partial charge is 0.394 e. The summed E-state index contributed by atoms with van der Waals surface area (Å²) in [5.74, 6) is 0. The molecular formula is C36H74O2. The van der Waals surface area contributed by atoms with Crippen LogP contribution in [0.3, 0.4) is 0 Å². The van der Waals surface area contributed by atoms with E-state index >= 15 is 0 Å². The van der Waals surface area contributed by atoms with Crippen LogP contribution in [0.2, 0.25) is 0 Å². The van der Waals surface area contributed by atoms with Crippen LogP contribution in [0.15, 0.2) is 12.7 Å². The monoisotopic (exact) mass is 539 g/mol. The van der Waals surface area contributed by atoms with Crippen LogP contribution in [0.25, 0.3) is 0 Å². The second kappa shape index (κ2) is 38.8. The van der Waals surface area contributed by atoms with E-state index in [4.69, 9.17) is 5.11 Å². The zero-order valence-corrected chi connectivity index (χ0v) is 26.7. The molecule has 2 N–H and O–H groups in total. The smallest absolute Gasteiger partial charge is 0.0770 e. The first-order valence-electron chi connectivity index (χ1n) is 17.6. The third-order valence-electron chi connectivity index (χ3n) is 7.86. The average Bonchev–Trinajstić information content (AvgIpc) is 2.93. The standard InChI is InChI=1S/C18H38O2.C18H36/c1-2-3-4-5-6-7-8-9-10-11-12-13-14-15-16-18(20)17-19;1-3-5-7-9-11-13-15-17-18-16-14-12-10-8-6-4-2/h18-20H,2-17H2,1H3;3H,1,4-18H2,2H3. The second-order valence-corrected chi connectivity index (χ2v) is 11.9. The lowest BCUT2D eigenvalue weighted by molar-refractivity contribution is 0.0860. The SMILES string of the molecule is C=CCCCCCCCCCCCCCCCC.CCCCCCCCCCCCCCCCC(O)CO. The fraction of sp³-hybridized carbons (Fsp3) is 0.944. The molecule has 0 bridgehead atoms. The third kappa shape index (κ3) is 40.2. The van der Waals surface area contributed by atoms with Crippen molar-refractivity contribution in [1.29, 1.82) is 0 Å². The molecule has 1 atom stereocenters. The van der Waals surface area contributed by atoms with Gasteiger partial charge in [0, 0.05) is 0 Å². The number of aliphatic hydroxyl groups is 2. The molecule has 0 fully saturated rings. The normalized spacial score (nSPS) is 11.8. The molecule has 0 spiro atoms. The van der Waals surface area contributed by atoms with Gasteiger partial charge in [0.1, 0.15) is 0 Å². The summed E-state index contributed by atoms with van der Waals surface area (Å²) in [5, 5.41) is 17.9. The predicted molar refractivity (Wildman–Crippen MR) is 173 cm³/mol. The van der Waals surface area contributed by atoms with Crippen molar-refractivity contribution in [2.45, 2.75) is 213 Å². The van der Waals surface area contributed by atoms with E-state index in [9.17, 15) is 5.11 Å². The molecule has 0 saturated carbocycles. The second-order valence-electron chi connectivity index (χ2n) is 11.9. The van der Waals surface area contributed by atoms with Crippen molar-refractivity contribution < 1.29 is 10.2 Å². The Labute approximate surface area is 241 Å². The Morgan fingerprint density at radius 3 is 0.974 bits per heavy atom. The zero-order valence-electron chi connectivity index (χ0n) is 26.7. The minimum absolute atomic E-state index is 0.0849. The maximum atomic E-state index is 9.20. The van der Waals surface area contributed by atoms with Crippen molar-refractivity contribution in [2.75, 3.05) is 6.61 Å². The molecule has 0 rings (SSSR count). The summed E-state index contributed by atoms with van der Waals surface area (Å²) in [6, 6.07) is 0. The molecule has 0 aromatic heterocycles. The van der Waals surface area contributed by atoms with E-state index in [0.29, 0.717) is 0 Å². The minimum Gasteiger partial charge on any atom is -0.394 e. The van der Waals surface area contributed by atoms with Crippen LogP contribution in [0.4, 0.5) is 0 Å². The Morgan fingerprint density at radius 1 is 0.447 bits per heavy atom. The molecule has 0 aromatic carbocycles. The number of rotatable bonds is 31. The summed E-state index contributed by atoms with van der Waals surface area (Å²) in [4.78, 5) is 0. The van der Waals surface area contributed by atoms with Crippen molar-refractivity contribution in [3.05, 3.63) is 12.7 Å². The first-order valence-corrected chi connectivity index (χ1v) is 17.6. The number of aliphatic hydroxyl groups excluding tert-OH is 2. The first-order chi connectivity index (χ1) is 18.7. The zero-order chi connectivity index (χ0) is 28.2. The van der Waals surface area contributed by atoms with Crippen LogP contribution < -0.4 is 0 Å². The third-order valence-corrected chi connectivity index (χ3v) is 7.86. The van der Waals surface area contributed by atoms with E-state index in [1.807, 2.05) is 6.08 Å². The van der Waals surface area contributed by atoms with Crippen molar-refractivity contribution in [3.8, 4) is 0 Å². The summed E-state index contributed by atoms with van der Waals surface area (Å²) < 4.78 is 0. The van der Waals surface area contributed by atoms with Gasteiger partial charge in [0.25, 0.3) is 0 Å². The lowest BCUT2D eigenvalue weighted by atomic mass is 10.0. The van der Waals surface area contributed by atoms with Crippen LogP contribution in [0, 0.1) is 0 Å². The van der Waals surface area contributed by atoms with Gasteiger partial charge in [-0.2, -0.15) is 0 Å². The van der Waals surface area contributed by atoms with Crippen LogP contribution >= 0.6 is 0 Å². The Morgan fingerprint density at radius 2 is 0.711 bits per heavy atom. The molecule has 0 amide bonds. The van der Waals surface area contributed by atoms with Gasteiger partial charge in [0.2, 0.25) is 0 Å². The van der Waals surface area contributed by atoms with Gasteiger partial charge in [-0.25, -0.2) is 0 Å². The van der Waals surface area contributed by atoms with Gasteiger partial charge in [0.05, 0.1) is 12.7 Å². The van der Waals surface area contributed by atoms with E-state index in [2.05, 4.69) is 20.4 Å². The highest BCUT2D eigenvalue weighted by atomic mass is 16.3. The summed E-state index contributed by atoms with van der Waals surface area (Å²) in [6.07, 6.45) is 42.7. The fourth-order valence-electron chi connectivity index (χ4n) is 5.15. The van der Waals surface area contributed by atoms with E-state index in [0.717, 1.165) is 12.8 Å². The van der Waals surface area contributed by atoms with Crippen LogP contribution in [0.5, 0.6) is 0 Å². The lowest BCUT2D eigenvalue weighted by Crippen LogP contribution is -2.10. The molecule has 0 aliphatic rings. The van der Waals surface area contributed by atoms with E-state index in [1.54, 1.807) is 0 Å². The summed E-state index contributed by atoms with van der Waals surface area (Å²) in [7, 11) is 0. The van der Waals surface area contributed by atoms with Gasteiger partial charge >= 0.3 is 0 Å².